The van der Waals surface area contributed by atoms with Gasteiger partial charge in [-0.05, 0) is 25.3 Å². The van der Waals surface area contributed by atoms with Gasteiger partial charge in [0.05, 0.1) is 13.2 Å². The van der Waals surface area contributed by atoms with E-state index < -0.39 is 0 Å². The summed E-state index contributed by atoms with van der Waals surface area (Å²) in [6.45, 7) is 5.36. The highest BCUT2D eigenvalue weighted by molar-refractivity contribution is 4.99. The Morgan fingerprint density at radius 3 is 3.00 bits per heavy atom. The molecular formula is C8H15NO. The molecule has 2 saturated heterocycles. The smallest absolute Gasteiger partial charge is 0.0651 e. The van der Waals surface area contributed by atoms with Gasteiger partial charge in [0.15, 0.2) is 0 Å². The molecule has 2 heteroatoms. The molecule has 0 aromatic heterocycles. The fourth-order valence-corrected chi connectivity index (χ4v) is 2.09. The molecule has 2 aliphatic heterocycles. The molecule has 0 aromatic carbocycles. The molecule has 2 atom stereocenters. The summed E-state index contributed by atoms with van der Waals surface area (Å²) in [4.78, 5) is 0. The molecule has 2 fully saturated rings. The van der Waals surface area contributed by atoms with Crippen LogP contribution in [-0.4, -0.2) is 25.3 Å². The zero-order valence-corrected chi connectivity index (χ0v) is 6.52. The average Bonchev–Trinajstić information content (AvgIpc) is 2.48. The Labute approximate surface area is 61.9 Å². The summed E-state index contributed by atoms with van der Waals surface area (Å²) in [5, 5.41) is 3.56. The first kappa shape index (κ1) is 6.62. The zero-order chi connectivity index (χ0) is 7.03. The summed E-state index contributed by atoms with van der Waals surface area (Å²) in [6, 6.07) is 0. The molecule has 0 radical (unpaired) electrons. The molecule has 0 amide bonds. The van der Waals surface area contributed by atoms with Gasteiger partial charge in [-0.1, -0.05) is 6.92 Å². The predicted octanol–water partition coefficient (Wildman–Crippen LogP) is 0.775. The first-order valence-corrected chi connectivity index (χ1v) is 4.16. The van der Waals surface area contributed by atoms with E-state index in [1.54, 1.807) is 0 Å². The van der Waals surface area contributed by atoms with E-state index >= 15 is 0 Å². The van der Waals surface area contributed by atoms with Crippen LogP contribution < -0.4 is 5.32 Å². The molecule has 1 unspecified atom stereocenters. The van der Waals surface area contributed by atoms with Crippen molar-refractivity contribution in [2.45, 2.75) is 25.3 Å². The van der Waals surface area contributed by atoms with Crippen molar-refractivity contribution in [1.29, 1.82) is 0 Å². The molecule has 0 bridgehead atoms. The second-order valence-electron chi connectivity index (χ2n) is 3.60. The van der Waals surface area contributed by atoms with Crippen molar-refractivity contribution in [3.8, 4) is 0 Å². The maximum absolute atomic E-state index is 5.43. The van der Waals surface area contributed by atoms with E-state index in [0.717, 1.165) is 19.1 Å². The lowest BCUT2D eigenvalue weighted by Crippen LogP contribution is -2.45. The summed E-state index contributed by atoms with van der Waals surface area (Å²) in [5.41, 5.74) is 0.375. The molecule has 2 nitrogen and oxygen atoms in total. The van der Waals surface area contributed by atoms with Gasteiger partial charge in [0.1, 0.15) is 0 Å². The van der Waals surface area contributed by atoms with E-state index in [-0.39, 0.29) is 0 Å². The fraction of sp³-hybridized carbons (Fsp3) is 1.00. The van der Waals surface area contributed by atoms with Gasteiger partial charge in [-0.15, -0.1) is 0 Å². The van der Waals surface area contributed by atoms with Gasteiger partial charge < -0.3 is 10.1 Å². The van der Waals surface area contributed by atoms with E-state index in [1.165, 1.54) is 19.4 Å². The number of ether oxygens (including phenoxy) is 1. The van der Waals surface area contributed by atoms with Crippen LogP contribution in [0.4, 0.5) is 0 Å². The van der Waals surface area contributed by atoms with Crippen LogP contribution >= 0.6 is 0 Å². The minimum atomic E-state index is 0.375. The van der Waals surface area contributed by atoms with Gasteiger partial charge >= 0.3 is 0 Å². The van der Waals surface area contributed by atoms with Crippen molar-refractivity contribution in [3.05, 3.63) is 0 Å². The Balaban J connectivity index is 2.11. The molecule has 2 rings (SSSR count). The molecule has 10 heavy (non-hydrogen) atoms. The van der Waals surface area contributed by atoms with Crippen LogP contribution in [0.3, 0.4) is 0 Å². The van der Waals surface area contributed by atoms with E-state index in [4.69, 9.17) is 4.74 Å². The van der Waals surface area contributed by atoms with Crippen LogP contribution in [0, 0.1) is 5.92 Å². The minimum absolute atomic E-state index is 0.375. The van der Waals surface area contributed by atoms with Gasteiger partial charge in [-0.25, -0.2) is 0 Å². The van der Waals surface area contributed by atoms with E-state index in [2.05, 4.69) is 12.2 Å². The van der Waals surface area contributed by atoms with Crippen molar-refractivity contribution in [3.63, 3.8) is 0 Å². The maximum Gasteiger partial charge on any atom is 0.0651 e. The molecule has 2 heterocycles. The molecule has 2 aliphatic rings. The van der Waals surface area contributed by atoms with E-state index in [1.807, 2.05) is 0 Å². The lowest BCUT2D eigenvalue weighted by Gasteiger charge is -2.26. The van der Waals surface area contributed by atoms with Crippen molar-refractivity contribution >= 4 is 0 Å². The molecule has 58 valence electrons. The Kier molecular flexibility index (Phi) is 1.46. The summed E-state index contributed by atoms with van der Waals surface area (Å²) in [6.07, 6.45) is 2.64. The van der Waals surface area contributed by atoms with Crippen molar-refractivity contribution in [1.82, 2.24) is 5.32 Å². The topological polar surface area (TPSA) is 21.3 Å². The third kappa shape index (κ3) is 0.789. The van der Waals surface area contributed by atoms with Crippen molar-refractivity contribution < 1.29 is 4.74 Å². The normalized spacial score (nSPS) is 47.1. The largest absolute Gasteiger partial charge is 0.379 e. The highest BCUT2D eigenvalue weighted by Crippen LogP contribution is 2.32. The monoisotopic (exact) mass is 141 g/mol. The first-order valence-electron chi connectivity index (χ1n) is 4.16. The van der Waals surface area contributed by atoms with Gasteiger partial charge in [-0.2, -0.15) is 0 Å². The number of rotatable bonds is 0. The van der Waals surface area contributed by atoms with Crippen molar-refractivity contribution in [2.75, 3.05) is 19.8 Å². The van der Waals surface area contributed by atoms with Crippen LogP contribution in [-0.2, 0) is 4.74 Å². The number of hydrogen-bond acceptors (Lipinski definition) is 2. The van der Waals surface area contributed by atoms with Gasteiger partial charge in [0.2, 0.25) is 0 Å². The van der Waals surface area contributed by atoms with Crippen LogP contribution in [0.5, 0.6) is 0 Å². The van der Waals surface area contributed by atoms with Gasteiger partial charge in [0, 0.05) is 5.54 Å². The van der Waals surface area contributed by atoms with Crippen LogP contribution in [0.25, 0.3) is 0 Å². The van der Waals surface area contributed by atoms with Crippen LogP contribution in [0.15, 0.2) is 0 Å². The first-order chi connectivity index (χ1) is 4.83. The number of hydrogen-bond donors (Lipinski definition) is 1. The lowest BCUT2D eigenvalue weighted by molar-refractivity contribution is 0.172. The molecular weight excluding hydrogens is 126 g/mol. The Morgan fingerprint density at radius 2 is 2.50 bits per heavy atom. The summed E-state index contributed by atoms with van der Waals surface area (Å²) < 4.78 is 5.43. The maximum atomic E-state index is 5.43. The molecule has 1 spiro atoms. The van der Waals surface area contributed by atoms with E-state index in [0.29, 0.717) is 5.54 Å². The zero-order valence-electron chi connectivity index (χ0n) is 6.52. The highest BCUT2D eigenvalue weighted by atomic mass is 16.5. The van der Waals surface area contributed by atoms with Gasteiger partial charge in [0.25, 0.3) is 0 Å². The Morgan fingerprint density at radius 1 is 1.60 bits per heavy atom. The van der Waals surface area contributed by atoms with Crippen LogP contribution in [0.1, 0.15) is 19.8 Å². The minimum Gasteiger partial charge on any atom is -0.379 e. The average molecular weight is 141 g/mol. The number of nitrogens with one attached hydrogen (secondary N) is 1. The second-order valence-corrected chi connectivity index (χ2v) is 3.60. The van der Waals surface area contributed by atoms with Gasteiger partial charge in [-0.3, -0.25) is 0 Å². The highest BCUT2D eigenvalue weighted by Gasteiger charge is 2.42. The third-order valence-corrected chi connectivity index (χ3v) is 2.95. The predicted molar refractivity (Wildman–Crippen MR) is 40.0 cm³/mol. The molecule has 0 aromatic rings. The quantitative estimate of drug-likeness (QED) is 0.538. The second kappa shape index (κ2) is 2.21. The molecule has 0 saturated carbocycles. The molecule has 0 aliphatic carbocycles. The molecule has 1 N–H and O–H groups in total. The summed E-state index contributed by atoms with van der Waals surface area (Å²) in [7, 11) is 0. The lowest BCUT2D eigenvalue weighted by atomic mass is 9.87. The van der Waals surface area contributed by atoms with E-state index in [9.17, 15) is 0 Å². The van der Waals surface area contributed by atoms with Crippen LogP contribution in [0.2, 0.25) is 0 Å². The summed E-state index contributed by atoms with van der Waals surface area (Å²) in [5.74, 6) is 0.718. The fourth-order valence-electron chi connectivity index (χ4n) is 2.09. The van der Waals surface area contributed by atoms with Crippen molar-refractivity contribution in [2.24, 2.45) is 5.92 Å². The Hall–Kier alpha value is -0.0800. The summed E-state index contributed by atoms with van der Waals surface area (Å²) >= 11 is 0. The standard InChI is InChI=1S/C8H15NO/c1-7-5-10-6-8(7)3-2-4-9-8/h7,9H,2-6H2,1H3/t7-,8?/m0/s1. The Bertz CT molecular complexity index is 124. The SMILES string of the molecule is C[C@H]1COCC12CCCN2. The third-order valence-electron chi connectivity index (χ3n) is 2.95.